The normalized spacial score (nSPS) is 10.8. The number of nitrogens with zero attached hydrogens (tertiary/aromatic N) is 2. The van der Waals surface area contributed by atoms with Gasteiger partial charge in [-0.1, -0.05) is 19.1 Å². The van der Waals surface area contributed by atoms with Crippen molar-refractivity contribution in [3.8, 4) is 0 Å². The summed E-state index contributed by atoms with van der Waals surface area (Å²) in [6.07, 6.45) is 3.04. The first-order chi connectivity index (χ1) is 14.2. The van der Waals surface area contributed by atoms with Crippen molar-refractivity contribution in [3.63, 3.8) is 0 Å². The molecule has 0 atom stereocenters. The van der Waals surface area contributed by atoms with Crippen molar-refractivity contribution < 1.29 is 27.7 Å². The van der Waals surface area contributed by atoms with E-state index in [-0.39, 0.29) is 12.2 Å². The Morgan fingerprint density at radius 3 is 2.57 bits per heavy atom. The lowest BCUT2D eigenvalue weighted by Gasteiger charge is -2.20. The van der Waals surface area contributed by atoms with E-state index >= 15 is 0 Å². The summed E-state index contributed by atoms with van der Waals surface area (Å²) < 4.78 is 40.0. The number of anilines is 1. The van der Waals surface area contributed by atoms with Crippen LogP contribution in [0.1, 0.15) is 18.9 Å². The summed E-state index contributed by atoms with van der Waals surface area (Å²) in [5.41, 5.74) is -0.264. The molecule has 0 aliphatic rings. The first-order valence-electron chi connectivity index (χ1n) is 8.87. The van der Waals surface area contributed by atoms with Crippen LogP contribution >= 0.6 is 0 Å². The topological polar surface area (TPSA) is 92.6 Å². The number of amides is 2. The molecule has 0 spiro atoms. The third-order valence-electron chi connectivity index (χ3n) is 3.95. The van der Waals surface area contributed by atoms with Crippen LogP contribution in [0, 0.1) is 27.6 Å². The minimum absolute atomic E-state index is 0.136. The number of rotatable bonds is 8. The van der Waals surface area contributed by atoms with Crippen LogP contribution in [0.15, 0.2) is 42.5 Å². The summed E-state index contributed by atoms with van der Waals surface area (Å²) in [7, 11) is 0. The maximum atomic E-state index is 13.7. The molecule has 0 aliphatic carbocycles. The van der Waals surface area contributed by atoms with Gasteiger partial charge in [0.2, 0.25) is 11.8 Å². The minimum Gasteiger partial charge on any atom is -0.330 e. The first-order valence-corrected chi connectivity index (χ1v) is 8.87. The molecule has 2 amide bonds. The summed E-state index contributed by atoms with van der Waals surface area (Å²) in [6.45, 7) is 1.52. The summed E-state index contributed by atoms with van der Waals surface area (Å²) in [5.74, 6) is -5.99. The molecule has 0 bridgehead atoms. The molecular formula is C20H18F3N3O4. The summed E-state index contributed by atoms with van der Waals surface area (Å²) in [4.78, 5) is 36.0. The minimum atomic E-state index is -1.71. The van der Waals surface area contributed by atoms with Gasteiger partial charge in [-0.25, -0.2) is 13.2 Å². The molecule has 30 heavy (non-hydrogen) atoms. The highest BCUT2D eigenvalue weighted by Gasteiger charge is 2.18. The van der Waals surface area contributed by atoms with Gasteiger partial charge in [0.15, 0.2) is 17.5 Å². The van der Waals surface area contributed by atoms with Gasteiger partial charge in [-0.3, -0.25) is 19.7 Å². The molecule has 2 aromatic rings. The molecule has 0 radical (unpaired) electrons. The molecule has 0 aromatic heterocycles. The number of carbonyl (C=O) groups excluding carboxylic acids is 2. The van der Waals surface area contributed by atoms with Gasteiger partial charge in [-0.15, -0.1) is 0 Å². The van der Waals surface area contributed by atoms with Crippen molar-refractivity contribution >= 4 is 29.3 Å². The van der Waals surface area contributed by atoms with E-state index in [9.17, 15) is 32.9 Å². The first kappa shape index (κ1) is 22.6. The van der Waals surface area contributed by atoms with Crippen LogP contribution in [0.25, 0.3) is 6.08 Å². The summed E-state index contributed by atoms with van der Waals surface area (Å²) in [6, 6.07) is 7.18. The molecule has 0 saturated heterocycles. The zero-order chi connectivity index (χ0) is 22.3. The Kier molecular flexibility index (Phi) is 7.68. The highest BCUT2D eigenvalue weighted by atomic mass is 19.2. The van der Waals surface area contributed by atoms with Gasteiger partial charge in [-0.05, 0) is 30.2 Å². The fourth-order valence-electron chi connectivity index (χ4n) is 2.54. The Labute approximate surface area is 170 Å². The van der Waals surface area contributed by atoms with Crippen LogP contribution in [0.2, 0.25) is 0 Å². The van der Waals surface area contributed by atoms with Crippen molar-refractivity contribution in [1.29, 1.82) is 0 Å². The van der Waals surface area contributed by atoms with Crippen LogP contribution in [-0.2, 0) is 9.59 Å². The van der Waals surface area contributed by atoms with E-state index in [1.165, 1.54) is 29.2 Å². The van der Waals surface area contributed by atoms with Crippen LogP contribution in [0.4, 0.5) is 24.5 Å². The molecule has 2 aromatic carbocycles. The molecule has 10 heteroatoms. The molecular weight excluding hydrogens is 403 g/mol. The molecule has 0 fully saturated rings. The highest BCUT2D eigenvalue weighted by molar-refractivity contribution is 5.98. The SMILES string of the molecule is CCCN(CC(=O)Nc1ccc(F)c(F)c1F)C(=O)/C=C/c1cccc([N+](=O)[O-])c1. The number of benzene rings is 2. The Bertz CT molecular complexity index is 995. The van der Waals surface area contributed by atoms with E-state index in [1.54, 1.807) is 13.0 Å². The fourth-order valence-corrected chi connectivity index (χ4v) is 2.54. The number of non-ortho nitro benzene ring substituents is 1. The average Bonchev–Trinajstić information content (AvgIpc) is 2.72. The Morgan fingerprint density at radius 2 is 1.90 bits per heavy atom. The van der Waals surface area contributed by atoms with Crippen molar-refractivity contribution in [1.82, 2.24) is 4.90 Å². The average molecular weight is 421 g/mol. The maximum Gasteiger partial charge on any atom is 0.270 e. The van der Waals surface area contributed by atoms with Crippen molar-refractivity contribution in [2.24, 2.45) is 0 Å². The van der Waals surface area contributed by atoms with Crippen molar-refractivity contribution in [2.45, 2.75) is 13.3 Å². The highest BCUT2D eigenvalue weighted by Crippen LogP contribution is 2.19. The molecule has 0 unspecified atom stereocenters. The third kappa shape index (κ3) is 5.90. The predicted molar refractivity (Wildman–Crippen MR) is 104 cm³/mol. The second-order valence-electron chi connectivity index (χ2n) is 6.22. The fraction of sp³-hybridized carbons (Fsp3) is 0.200. The molecule has 7 nitrogen and oxygen atoms in total. The lowest BCUT2D eigenvalue weighted by Crippen LogP contribution is -2.37. The van der Waals surface area contributed by atoms with Gasteiger partial charge in [0.1, 0.15) is 6.54 Å². The molecule has 2 rings (SSSR count). The van der Waals surface area contributed by atoms with E-state index in [1.807, 2.05) is 0 Å². The van der Waals surface area contributed by atoms with Crippen LogP contribution in [-0.4, -0.2) is 34.7 Å². The van der Waals surface area contributed by atoms with E-state index < -0.39 is 46.4 Å². The lowest BCUT2D eigenvalue weighted by atomic mass is 10.2. The van der Waals surface area contributed by atoms with E-state index in [2.05, 4.69) is 5.32 Å². The number of carbonyl (C=O) groups is 2. The molecule has 0 heterocycles. The summed E-state index contributed by atoms with van der Waals surface area (Å²) in [5, 5.41) is 12.9. The van der Waals surface area contributed by atoms with Crippen molar-refractivity contribution in [3.05, 3.63) is 75.6 Å². The van der Waals surface area contributed by atoms with Gasteiger partial charge in [0.25, 0.3) is 5.69 Å². The standard InChI is InChI=1S/C20H18F3N3O4/c1-2-10-25(12-17(27)24-16-8-7-15(21)19(22)20(16)23)18(28)9-6-13-4-3-5-14(11-13)26(29)30/h3-9,11H,2,10,12H2,1H3,(H,24,27)/b9-6+. The number of nitro groups is 1. The van der Waals surface area contributed by atoms with E-state index in [0.717, 1.165) is 12.1 Å². The van der Waals surface area contributed by atoms with Crippen LogP contribution in [0.3, 0.4) is 0 Å². The van der Waals surface area contributed by atoms with Gasteiger partial charge in [0.05, 0.1) is 10.6 Å². The predicted octanol–water partition coefficient (Wildman–Crippen LogP) is 3.90. The number of hydrogen-bond donors (Lipinski definition) is 1. The second kappa shape index (κ2) is 10.2. The lowest BCUT2D eigenvalue weighted by molar-refractivity contribution is -0.384. The Morgan fingerprint density at radius 1 is 1.17 bits per heavy atom. The number of nitrogens with one attached hydrogen (secondary N) is 1. The van der Waals surface area contributed by atoms with Crippen LogP contribution < -0.4 is 5.32 Å². The zero-order valence-corrected chi connectivity index (χ0v) is 15.9. The van der Waals surface area contributed by atoms with Gasteiger partial charge < -0.3 is 10.2 Å². The summed E-state index contributed by atoms with van der Waals surface area (Å²) >= 11 is 0. The monoisotopic (exact) mass is 421 g/mol. The number of halogens is 3. The Balaban J connectivity index is 2.08. The van der Waals surface area contributed by atoms with Crippen LogP contribution in [0.5, 0.6) is 0 Å². The zero-order valence-electron chi connectivity index (χ0n) is 15.9. The van der Waals surface area contributed by atoms with Gasteiger partial charge >= 0.3 is 0 Å². The largest absolute Gasteiger partial charge is 0.330 e. The smallest absolute Gasteiger partial charge is 0.270 e. The van der Waals surface area contributed by atoms with Gasteiger partial charge in [0, 0.05) is 24.8 Å². The number of nitro benzene ring substituents is 1. The second-order valence-corrected chi connectivity index (χ2v) is 6.22. The quantitative estimate of drug-likeness (QED) is 0.303. The number of hydrogen-bond acceptors (Lipinski definition) is 4. The van der Waals surface area contributed by atoms with E-state index in [0.29, 0.717) is 18.1 Å². The molecule has 0 saturated carbocycles. The molecule has 0 aliphatic heterocycles. The maximum absolute atomic E-state index is 13.7. The Hall–Kier alpha value is -3.69. The third-order valence-corrected chi connectivity index (χ3v) is 3.95. The van der Waals surface area contributed by atoms with Crippen molar-refractivity contribution in [2.75, 3.05) is 18.4 Å². The molecule has 1 N–H and O–H groups in total. The van der Waals surface area contributed by atoms with Gasteiger partial charge in [-0.2, -0.15) is 0 Å². The van der Waals surface area contributed by atoms with E-state index in [4.69, 9.17) is 0 Å². The molecule has 158 valence electrons.